The van der Waals surface area contributed by atoms with E-state index >= 15 is 0 Å². The van der Waals surface area contributed by atoms with E-state index in [0.717, 1.165) is 31.1 Å². The van der Waals surface area contributed by atoms with E-state index in [9.17, 15) is 0 Å². The van der Waals surface area contributed by atoms with Crippen LogP contribution in [0.15, 0.2) is 18.2 Å². The molecule has 1 fully saturated rings. The van der Waals surface area contributed by atoms with Gasteiger partial charge in [-0.05, 0) is 69.3 Å². The first-order valence-corrected chi connectivity index (χ1v) is 8.91. The van der Waals surface area contributed by atoms with Gasteiger partial charge in [-0.15, -0.1) is 0 Å². The van der Waals surface area contributed by atoms with Crippen LogP contribution in [0.3, 0.4) is 0 Å². The zero-order valence-corrected chi connectivity index (χ0v) is 14.3. The smallest absolute Gasteiger partial charge is 0.143 e. The molecule has 1 saturated heterocycles. The van der Waals surface area contributed by atoms with Crippen LogP contribution in [0, 0.1) is 12.8 Å². The largest absolute Gasteiger partial charge is 0.483 e. The maximum Gasteiger partial charge on any atom is 0.143 e. The van der Waals surface area contributed by atoms with Crippen molar-refractivity contribution in [2.75, 3.05) is 31.1 Å². The average Bonchev–Trinajstić information content (AvgIpc) is 2.55. The van der Waals surface area contributed by atoms with Crippen molar-refractivity contribution in [1.82, 2.24) is 5.32 Å². The topological polar surface area (TPSA) is 24.5 Å². The molecule has 2 aliphatic rings. The molecule has 1 aromatic carbocycles. The number of nitrogens with zero attached hydrogens (tertiary/aromatic N) is 1. The predicted molar refractivity (Wildman–Crippen MR) is 92.9 cm³/mol. The van der Waals surface area contributed by atoms with Gasteiger partial charge in [-0.1, -0.05) is 19.9 Å². The Morgan fingerprint density at radius 3 is 2.64 bits per heavy atom. The molecule has 2 aliphatic heterocycles. The Labute approximate surface area is 135 Å². The second-order valence-corrected chi connectivity index (χ2v) is 7.04. The number of aryl methyl sites for hydroxylation is 1. The zero-order chi connectivity index (χ0) is 15.6. The van der Waals surface area contributed by atoms with Gasteiger partial charge in [-0.2, -0.15) is 0 Å². The van der Waals surface area contributed by atoms with Crippen LogP contribution in [0.4, 0.5) is 5.69 Å². The van der Waals surface area contributed by atoms with Crippen LogP contribution in [-0.2, 0) is 0 Å². The standard InChI is InChI=1S/C19H30N2O/c1-4-19(5-2)14-21(13-16-8-10-20-11-9-16)17-7-6-15(3)12-18(17)22-19/h6-7,12,16,20H,4-5,8-11,13-14H2,1-3H3. The molecule has 0 bridgehead atoms. The highest BCUT2D eigenvalue weighted by Crippen LogP contribution is 2.40. The van der Waals surface area contributed by atoms with Crippen LogP contribution in [0.1, 0.15) is 45.1 Å². The van der Waals surface area contributed by atoms with E-state index in [0.29, 0.717) is 0 Å². The molecule has 0 aliphatic carbocycles. The lowest BCUT2D eigenvalue weighted by Gasteiger charge is -2.45. The van der Waals surface area contributed by atoms with Crippen LogP contribution >= 0.6 is 0 Å². The normalized spacial score (nSPS) is 21.3. The number of nitrogens with one attached hydrogen (secondary N) is 1. The molecule has 0 saturated carbocycles. The zero-order valence-electron chi connectivity index (χ0n) is 14.3. The van der Waals surface area contributed by atoms with Crippen LogP contribution in [0.25, 0.3) is 0 Å². The second-order valence-electron chi connectivity index (χ2n) is 7.04. The lowest BCUT2D eigenvalue weighted by molar-refractivity contribution is 0.0561. The molecular formula is C19H30N2O. The van der Waals surface area contributed by atoms with Gasteiger partial charge in [0.1, 0.15) is 11.4 Å². The minimum atomic E-state index is -0.0201. The summed E-state index contributed by atoms with van der Waals surface area (Å²) in [4.78, 5) is 2.60. The van der Waals surface area contributed by atoms with Gasteiger partial charge >= 0.3 is 0 Å². The van der Waals surface area contributed by atoms with Gasteiger partial charge < -0.3 is 15.0 Å². The van der Waals surface area contributed by atoms with E-state index in [-0.39, 0.29) is 5.60 Å². The van der Waals surface area contributed by atoms with Gasteiger partial charge in [0.2, 0.25) is 0 Å². The van der Waals surface area contributed by atoms with Crippen LogP contribution < -0.4 is 15.0 Å². The number of ether oxygens (including phenoxy) is 1. The Morgan fingerprint density at radius 2 is 1.95 bits per heavy atom. The molecule has 22 heavy (non-hydrogen) atoms. The summed E-state index contributed by atoms with van der Waals surface area (Å²) in [6.45, 7) is 11.2. The monoisotopic (exact) mass is 302 g/mol. The maximum atomic E-state index is 6.46. The highest BCUT2D eigenvalue weighted by Gasteiger charge is 2.37. The van der Waals surface area contributed by atoms with Crippen molar-refractivity contribution in [2.24, 2.45) is 5.92 Å². The van der Waals surface area contributed by atoms with Gasteiger partial charge in [0, 0.05) is 6.54 Å². The summed E-state index contributed by atoms with van der Waals surface area (Å²) in [6, 6.07) is 6.67. The highest BCUT2D eigenvalue weighted by molar-refractivity contribution is 5.62. The fourth-order valence-electron chi connectivity index (χ4n) is 3.82. The second kappa shape index (κ2) is 6.49. The van der Waals surface area contributed by atoms with Gasteiger partial charge in [0.15, 0.2) is 0 Å². The molecular weight excluding hydrogens is 272 g/mol. The van der Waals surface area contributed by atoms with Crippen molar-refractivity contribution in [3.63, 3.8) is 0 Å². The Kier molecular flexibility index (Phi) is 4.62. The van der Waals surface area contributed by atoms with Crippen LogP contribution in [0.2, 0.25) is 0 Å². The molecule has 0 spiro atoms. The van der Waals surface area contributed by atoms with Crippen molar-refractivity contribution in [3.8, 4) is 5.75 Å². The lowest BCUT2D eigenvalue weighted by Crippen LogP contribution is -2.52. The van der Waals surface area contributed by atoms with E-state index in [1.54, 1.807) is 0 Å². The molecule has 3 heteroatoms. The summed E-state index contributed by atoms with van der Waals surface area (Å²) in [5.74, 6) is 1.89. The Bertz CT molecular complexity index is 504. The Balaban J connectivity index is 1.87. The van der Waals surface area contributed by atoms with Gasteiger partial charge in [0.25, 0.3) is 0 Å². The van der Waals surface area contributed by atoms with Gasteiger partial charge in [0.05, 0.1) is 12.2 Å². The van der Waals surface area contributed by atoms with E-state index in [2.05, 4.69) is 49.2 Å². The quantitative estimate of drug-likeness (QED) is 0.916. The molecule has 0 aromatic heterocycles. The molecule has 3 nitrogen and oxygen atoms in total. The lowest BCUT2D eigenvalue weighted by atomic mass is 9.91. The van der Waals surface area contributed by atoms with E-state index in [1.807, 2.05) is 0 Å². The number of rotatable bonds is 4. The molecule has 2 heterocycles. The molecule has 0 atom stereocenters. The van der Waals surface area contributed by atoms with Crippen LogP contribution in [-0.4, -0.2) is 31.8 Å². The molecule has 1 aromatic rings. The van der Waals surface area contributed by atoms with E-state index < -0.39 is 0 Å². The van der Waals surface area contributed by atoms with Crippen LogP contribution in [0.5, 0.6) is 5.75 Å². The molecule has 3 rings (SSSR count). The number of piperidine rings is 1. The number of anilines is 1. The SMILES string of the molecule is CCC1(CC)CN(CC2CCNCC2)c2ccc(C)cc2O1. The third-order valence-corrected chi connectivity index (χ3v) is 5.49. The number of fused-ring (bicyclic) bond motifs is 1. The molecule has 0 amide bonds. The molecule has 1 N–H and O–H groups in total. The molecule has 122 valence electrons. The predicted octanol–water partition coefficient (Wildman–Crippen LogP) is 3.75. The first-order valence-electron chi connectivity index (χ1n) is 8.91. The minimum absolute atomic E-state index is 0.0201. The maximum absolute atomic E-state index is 6.46. The summed E-state index contributed by atoms with van der Waals surface area (Å²) < 4.78 is 6.46. The Hall–Kier alpha value is -1.22. The van der Waals surface area contributed by atoms with Crippen molar-refractivity contribution in [1.29, 1.82) is 0 Å². The summed E-state index contributed by atoms with van der Waals surface area (Å²) in [6.07, 6.45) is 4.73. The first-order chi connectivity index (χ1) is 10.7. The van der Waals surface area contributed by atoms with Crippen molar-refractivity contribution < 1.29 is 4.74 Å². The minimum Gasteiger partial charge on any atom is -0.483 e. The van der Waals surface area contributed by atoms with Gasteiger partial charge in [-0.3, -0.25) is 0 Å². The number of hydrogen-bond donors (Lipinski definition) is 1. The number of hydrogen-bond acceptors (Lipinski definition) is 3. The van der Waals surface area contributed by atoms with Gasteiger partial charge in [-0.25, -0.2) is 0 Å². The van der Waals surface area contributed by atoms with E-state index in [1.165, 1.54) is 43.7 Å². The third kappa shape index (κ3) is 3.10. The average molecular weight is 302 g/mol. The summed E-state index contributed by atoms with van der Waals surface area (Å²) in [5.41, 5.74) is 2.55. The molecule has 0 unspecified atom stereocenters. The highest BCUT2D eigenvalue weighted by atomic mass is 16.5. The third-order valence-electron chi connectivity index (χ3n) is 5.49. The summed E-state index contributed by atoms with van der Waals surface area (Å²) in [7, 11) is 0. The fourth-order valence-corrected chi connectivity index (χ4v) is 3.82. The summed E-state index contributed by atoms with van der Waals surface area (Å²) in [5, 5.41) is 3.47. The molecule has 0 radical (unpaired) electrons. The fraction of sp³-hybridized carbons (Fsp3) is 0.684. The van der Waals surface area contributed by atoms with Crippen molar-refractivity contribution in [3.05, 3.63) is 23.8 Å². The number of benzene rings is 1. The van der Waals surface area contributed by atoms with Crippen molar-refractivity contribution >= 4 is 5.69 Å². The van der Waals surface area contributed by atoms with E-state index in [4.69, 9.17) is 4.74 Å². The Morgan fingerprint density at radius 1 is 1.23 bits per heavy atom. The van der Waals surface area contributed by atoms with Crippen molar-refractivity contribution in [2.45, 2.75) is 52.1 Å². The first kappa shape index (κ1) is 15.7. The summed E-state index contributed by atoms with van der Waals surface area (Å²) >= 11 is 0.